The zero-order valence-corrected chi connectivity index (χ0v) is 12.6. The van der Waals surface area contributed by atoms with Crippen LogP contribution in [0.1, 0.15) is 11.1 Å². The quantitative estimate of drug-likeness (QED) is 0.781. The Hall–Kier alpha value is -2.33. The molecule has 0 amide bonds. The van der Waals surface area contributed by atoms with E-state index in [9.17, 15) is 0 Å². The van der Waals surface area contributed by atoms with Gasteiger partial charge in [0, 0.05) is 10.9 Å². The van der Waals surface area contributed by atoms with Gasteiger partial charge in [-0.25, -0.2) is 4.98 Å². The van der Waals surface area contributed by atoms with Gasteiger partial charge >= 0.3 is 0 Å². The summed E-state index contributed by atoms with van der Waals surface area (Å²) in [5, 5.41) is 2.52. The monoisotopic (exact) mass is 296 g/mol. The van der Waals surface area contributed by atoms with E-state index in [-0.39, 0.29) is 0 Å². The zero-order chi connectivity index (χ0) is 14.7. The van der Waals surface area contributed by atoms with Crippen molar-refractivity contribution in [3.63, 3.8) is 0 Å². The Morgan fingerprint density at radius 2 is 1.86 bits per heavy atom. The summed E-state index contributed by atoms with van der Waals surface area (Å²) >= 11 is 1.44. The standard InChI is InChI=1S/C17H16N2OS/c1-12-6-8-13(9-7-12)10-20-16-5-3-2-4-14(16)15-11-21-17(18)19-15/h2-9,11H,10H2,1H3,(H2,18,19). The van der Waals surface area contributed by atoms with Crippen molar-refractivity contribution in [2.75, 3.05) is 5.73 Å². The number of anilines is 1. The lowest BCUT2D eigenvalue weighted by molar-refractivity contribution is 0.307. The first kappa shape index (κ1) is 13.6. The summed E-state index contributed by atoms with van der Waals surface area (Å²) in [6.45, 7) is 2.61. The number of para-hydroxylation sites is 1. The van der Waals surface area contributed by atoms with Gasteiger partial charge in [0.05, 0.1) is 5.69 Å². The lowest BCUT2D eigenvalue weighted by Gasteiger charge is -2.10. The summed E-state index contributed by atoms with van der Waals surface area (Å²) in [6.07, 6.45) is 0. The molecule has 0 unspecified atom stereocenters. The highest BCUT2D eigenvalue weighted by atomic mass is 32.1. The summed E-state index contributed by atoms with van der Waals surface area (Å²) in [5.74, 6) is 0.823. The molecule has 0 fully saturated rings. The Labute approximate surface area is 128 Å². The molecule has 4 heteroatoms. The zero-order valence-electron chi connectivity index (χ0n) is 11.7. The third-order valence-electron chi connectivity index (χ3n) is 3.20. The first-order chi connectivity index (χ1) is 10.2. The average Bonchev–Trinajstić information content (AvgIpc) is 2.93. The lowest BCUT2D eigenvalue weighted by atomic mass is 10.1. The van der Waals surface area contributed by atoms with Crippen molar-refractivity contribution in [2.24, 2.45) is 0 Å². The molecule has 0 atom stereocenters. The molecule has 0 saturated heterocycles. The van der Waals surface area contributed by atoms with Crippen LogP contribution in [0.5, 0.6) is 5.75 Å². The SMILES string of the molecule is Cc1ccc(COc2ccccc2-c2csc(N)n2)cc1. The fourth-order valence-corrected chi connectivity index (χ4v) is 2.62. The van der Waals surface area contributed by atoms with Gasteiger partial charge in [0.2, 0.25) is 0 Å². The molecular weight excluding hydrogens is 280 g/mol. The number of nitrogens with zero attached hydrogens (tertiary/aromatic N) is 1. The number of benzene rings is 2. The third-order valence-corrected chi connectivity index (χ3v) is 3.87. The summed E-state index contributed by atoms with van der Waals surface area (Å²) in [5.41, 5.74) is 9.93. The fraction of sp³-hybridized carbons (Fsp3) is 0.118. The number of hydrogen-bond donors (Lipinski definition) is 1. The third kappa shape index (κ3) is 3.23. The van der Waals surface area contributed by atoms with Crippen LogP contribution in [-0.2, 0) is 6.61 Å². The minimum absolute atomic E-state index is 0.539. The first-order valence-electron chi connectivity index (χ1n) is 6.71. The molecule has 0 aliphatic heterocycles. The van der Waals surface area contributed by atoms with E-state index in [1.165, 1.54) is 16.9 Å². The van der Waals surface area contributed by atoms with Crippen LogP contribution in [0.2, 0.25) is 0 Å². The van der Waals surface area contributed by atoms with Gasteiger partial charge in [-0.1, -0.05) is 42.0 Å². The number of ether oxygens (including phenoxy) is 1. The minimum atomic E-state index is 0.539. The van der Waals surface area contributed by atoms with Crippen LogP contribution in [0.15, 0.2) is 53.9 Å². The Morgan fingerprint density at radius 3 is 2.57 bits per heavy atom. The lowest BCUT2D eigenvalue weighted by Crippen LogP contribution is -1.97. The van der Waals surface area contributed by atoms with Gasteiger partial charge in [-0.3, -0.25) is 0 Å². The maximum absolute atomic E-state index is 5.95. The maximum Gasteiger partial charge on any atom is 0.180 e. The van der Waals surface area contributed by atoms with E-state index in [0.717, 1.165) is 22.6 Å². The molecule has 2 N–H and O–H groups in total. The van der Waals surface area contributed by atoms with Crippen molar-refractivity contribution in [1.82, 2.24) is 4.98 Å². The topological polar surface area (TPSA) is 48.1 Å². The Balaban J connectivity index is 1.81. The molecule has 2 aromatic carbocycles. The van der Waals surface area contributed by atoms with E-state index >= 15 is 0 Å². The van der Waals surface area contributed by atoms with E-state index in [4.69, 9.17) is 10.5 Å². The number of aryl methyl sites for hydroxylation is 1. The van der Waals surface area contributed by atoms with Gasteiger partial charge in [-0.15, -0.1) is 11.3 Å². The molecule has 1 heterocycles. The number of rotatable bonds is 4. The summed E-state index contributed by atoms with van der Waals surface area (Å²) in [4.78, 5) is 4.32. The number of hydrogen-bond acceptors (Lipinski definition) is 4. The highest BCUT2D eigenvalue weighted by molar-refractivity contribution is 7.13. The second-order valence-electron chi connectivity index (χ2n) is 4.84. The molecule has 1 aromatic heterocycles. The van der Waals surface area contributed by atoms with E-state index in [2.05, 4.69) is 36.2 Å². The van der Waals surface area contributed by atoms with Crippen molar-refractivity contribution in [3.05, 3.63) is 65.0 Å². The molecule has 3 nitrogen and oxygen atoms in total. The van der Waals surface area contributed by atoms with Gasteiger partial charge in [0.1, 0.15) is 12.4 Å². The summed E-state index contributed by atoms with van der Waals surface area (Å²) in [7, 11) is 0. The van der Waals surface area contributed by atoms with Crippen molar-refractivity contribution in [3.8, 4) is 17.0 Å². The normalized spacial score (nSPS) is 10.5. The van der Waals surface area contributed by atoms with E-state index in [0.29, 0.717) is 11.7 Å². The van der Waals surface area contributed by atoms with Gasteiger partial charge in [0.25, 0.3) is 0 Å². The first-order valence-corrected chi connectivity index (χ1v) is 7.59. The second-order valence-corrected chi connectivity index (χ2v) is 5.73. The van der Waals surface area contributed by atoms with E-state index < -0.39 is 0 Å². The molecule has 0 radical (unpaired) electrons. The van der Waals surface area contributed by atoms with Crippen molar-refractivity contribution >= 4 is 16.5 Å². The number of aromatic nitrogens is 1. The smallest absolute Gasteiger partial charge is 0.180 e. The summed E-state index contributed by atoms with van der Waals surface area (Å²) < 4.78 is 5.95. The van der Waals surface area contributed by atoms with Crippen LogP contribution in [0.4, 0.5) is 5.13 Å². The Bertz CT molecular complexity index is 735. The van der Waals surface area contributed by atoms with Gasteiger partial charge in [-0.2, -0.15) is 0 Å². The molecule has 3 rings (SSSR count). The Kier molecular flexibility index (Phi) is 3.88. The number of nitrogens with two attached hydrogens (primary N) is 1. The molecule has 0 aliphatic carbocycles. The molecule has 0 bridgehead atoms. The fourth-order valence-electron chi connectivity index (χ4n) is 2.06. The largest absolute Gasteiger partial charge is 0.488 e. The predicted molar refractivity (Wildman–Crippen MR) is 87.5 cm³/mol. The predicted octanol–water partition coefficient (Wildman–Crippen LogP) is 4.28. The van der Waals surface area contributed by atoms with Gasteiger partial charge in [-0.05, 0) is 24.6 Å². The van der Waals surface area contributed by atoms with Crippen LogP contribution in [-0.4, -0.2) is 4.98 Å². The van der Waals surface area contributed by atoms with Crippen LogP contribution in [0.3, 0.4) is 0 Å². The highest BCUT2D eigenvalue weighted by Gasteiger charge is 2.09. The molecule has 3 aromatic rings. The van der Waals surface area contributed by atoms with Crippen LogP contribution >= 0.6 is 11.3 Å². The van der Waals surface area contributed by atoms with Crippen LogP contribution in [0, 0.1) is 6.92 Å². The summed E-state index contributed by atoms with van der Waals surface area (Å²) in [6, 6.07) is 16.2. The minimum Gasteiger partial charge on any atom is -0.488 e. The van der Waals surface area contributed by atoms with Gasteiger partial charge in [0.15, 0.2) is 5.13 Å². The maximum atomic E-state index is 5.95. The Morgan fingerprint density at radius 1 is 1.10 bits per heavy atom. The van der Waals surface area contributed by atoms with E-state index in [1.54, 1.807) is 0 Å². The molecule has 0 spiro atoms. The molecule has 0 saturated carbocycles. The molecule has 21 heavy (non-hydrogen) atoms. The number of thiazole rings is 1. The second kappa shape index (κ2) is 5.97. The molecular formula is C17H16N2OS. The van der Waals surface area contributed by atoms with Crippen LogP contribution in [0.25, 0.3) is 11.3 Å². The number of nitrogen functional groups attached to an aromatic ring is 1. The highest BCUT2D eigenvalue weighted by Crippen LogP contribution is 2.31. The van der Waals surface area contributed by atoms with Crippen LogP contribution < -0.4 is 10.5 Å². The molecule has 106 valence electrons. The average molecular weight is 296 g/mol. The van der Waals surface area contributed by atoms with Crippen molar-refractivity contribution in [1.29, 1.82) is 0 Å². The van der Waals surface area contributed by atoms with Gasteiger partial charge < -0.3 is 10.5 Å². The van der Waals surface area contributed by atoms with Crippen molar-refractivity contribution < 1.29 is 4.74 Å². The van der Waals surface area contributed by atoms with Crippen molar-refractivity contribution in [2.45, 2.75) is 13.5 Å². The van der Waals surface area contributed by atoms with E-state index in [1.807, 2.05) is 29.6 Å². The molecule has 0 aliphatic rings.